The Balaban J connectivity index is 1.38. The second-order valence-corrected chi connectivity index (χ2v) is 10.7. The molecule has 2 aromatic carbocycles. The number of hydrogen-bond donors (Lipinski definition) is 1. The molecule has 41 heavy (non-hydrogen) atoms. The van der Waals surface area contributed by atoms with Crippen molar-refractivity contribution in [1.82, 2.24) is 29.4 Å². The Morgan fingerprint density at radius 1 is 1.07 bits per heavy atom. The van der Waals surface area contributed by atoms with Gasteiger partial charge in [-0.15, -0.1) is 0 Å². The van der Waals surface area contributed by atoms with Crippen molar-refractivity contribution in [1.29, 1.82) is 0 Å². The van der Waals surface area contributed by atoms with Crippen LogP contribution in [-0.2, 0) is 4.79 Å². The molecular formula is C30H28ClFN6O3. The molecule has 3 aromatic heterocycles. The number of aryl methyl sites for hydroxylation is 2. The largest absolute Gasteiger partial charge is 0.424 e. The molecule has 1 saturated heterocycles. The summed E-state index contributed by atoms with van der Waals surface area (Å²) >= 11 is 6.65. The van der Waals surface area contributed by atoms with Crippen LogP contribution in [0.4, 0.5) is 4.39 Å². The number of imidazole rings is 1. The molecule has 0 aliphatic carbocycles. The van der Waals surface area contributed by atoms with E-state index in [-0.39, 0.29) is 18.0 Å². The maximum absolute atomic E-state index is 15.5. The van der Waals surface area contributed by atoms with Crippen molar-refractivity contribution in [2.24, 2.45) is 0 Å². The molecule has 5 aromatic rings. The molecule has 1 amide bonds. The molecule has 0 radical (unpaired) electrons. The molecule has 1 N–H and O–H groups in total. The summed E-state index contributed by atoms with van der Waals surface area (Å²) in [7, 11) is 0. The third-order valence-corrected chi connectivity index (χ3v) is 7.80. The molecule has 4 heterocycles. The second-order valence-electron chi connectivity index (χ2n) is 10.3. The first kappa shape index (κ1) is 27.0. The molecule has 1 fully saturated rings. The summed E-state index contributed by atoms with van der Waals surface area (Å²) in [6, 6.07) is 10.3. The Hall–Kier alpha value is -4.15. The summed E-state index contributed by atoms with van der Waals surface area (Å²) in [5, 5.41) is 10.8. The third kappa shape index (κ3) is 5.09. The minimum absolute atomic E-state index is 0.0843. The quantitative estimate of drug-likeness (QED) is 0.283. The van der Waals surface area contributed by atoms with Crippen molar-refractivity contribution in [3.05, 3.63) is 71.2 Å². The number of aliphatic hydroxyl groups excluding tert-OH is 1. The lowest BCUT2D eigenvalue weighted by molar-refractivity contribution is -0.140. The summed E-state index contributed by atoms with van der Waals surface area (Å²) in [6.45, 7) is 6.34. The van der Waals surface area contributed by atoms with Crippen LogP contribution in [0.2, 0.25) is 5.02 Å². The third-order valence-electron chi connectivity index (χ3n) is 7.49. The van der Waals surface area contributed by atoms with Gasteiger partial charge in [0.05, 0.1) is 22.3 Å². The number of amides is 1. The number of nitrogens with zero attached hydrogens (tertiary/aromatic N) is 6. The van der Waals surface area contributed by atoms with Crippen LogP contribution >= 0.6 is 11.6 Å². The number of pyridine rings is 1. The van der Waals surface area contributed by atoms with Gasteiger partial charge in [0.25, 0.3) is 5.91 Å². The number of piperidine rings is 1. The highest BCUT2D eigenvalue weighted by molar-refractivity contribution is 6.33. The first-order chi connectivity index (χ1) is 19.7. The van der Waals surface area contributed by atoms with Gasteiger partial charge in [0.15, 0.2) is 0 Å². The van der Waals surface area contributed by atoms with Gasteiger partial charge in [0.2, 0.25) is 0 Å². The van der Waals surface area contributed by atoms with E-state index in [1.807, 2.05) is 13.8 Å². The van der Waals surface area contributed by atoms with Crippen LogP contribution in [-0.4, -0.2) is 59.6 Å². The Kier molecular flexibility index (Phi) is 7.04. The minimum atomic E-state index is -1.02. The second kappa shape index (κ2) is 10.7. The van der Waals surface area contributed by atoms with Gasteiger partial charge in [-0.1, -0.05) is 11.6 Å². The van der Waals surface area contributed by atoms with E-state index in [9.17, 15) is 9.90 Å². The fourth-order valence-electron chi connectivity index (χ4n) is 5.53. The summed E-state index contributed by atoms with van der Waals surface area (Å²) < 4.78 is 23.4. The zero-order valence-electron chi connectivity index (χ0n) is 22.8. The Morgan fingerprint density at radius 2 is 1.85 bits per heavy atom. The van der Waals surface area contributed by atoms with Gasteiger partial charge < -0.3 is 19.3 Å². The number of ether oxygens (including phenoxy) is 1. The normalized spacial score (nSPS) is 15.0. The Bertz CT molecular complexity index is 1800. The van der Waals surface area contributed by atoms with E-state index in [1.165, 1.54) is 13.0 Å². The maximum atomic E-state index is 15.5. The first-order valence-corrected chi connectivity index (χ1v) is 13.8. The molecule has 0 saturated carbocycles. The van der Waals surface area contributed by atoms with Crippen LogP contribution in [0, 0.1) is 19.7 Å². The molecule has 0 spiro atoms. The van der Waals surface area contributed by atoms with Gasteiger partial charge in [-0.3, -0.25) is 9.78 Å². The smallest absolute Gasteiger partial charge is 0.322 e. The number of carbonyl (C=O) groups excluding carboxylic acids is 1. The number of halogens is 2. The molecule has 0 bridgehead atoms. The molecule has 9 nitrogen and oxygen atoms in total. The predicted molar refractivity (Wildman–Crippen MR) is 154 cm³/mol. The van der Waals surface area contributed by atoms with Crippen LogP contribution in [0.15, 0.2) is 48.8 Å². The van der Waals surface area contributed by atoms with Crippen LogP contribution in [0.5, 0.6) is 11.8 Å². The summed E-state index contributed by atoms with van der Waals surface area (Å²) in [6.07, 6.45) is 3.67. The standard InChI is InChI=1S/C30H28ClFN6O3/c1-16-6-9-33-30(35-16)41-20-4-5-21(24(31)12-20)22-13-23-26(14-25(22)32)34-15-27-28(23)38(18(3)36-27)19-7-10-37(11-8-19)29(40)17(2)39/h4-6,9,12-15,17,19,39H,7-8,10-11H2,1-3H3. The van der Waals surface area contributed by atoms with Crippen LogP contribution < -0.4 is 4.74 Å². The zero-order valence-corrected chi connectivity index (χ0v) is 23.6. The minimum Gasteiger partial charge on any atom is -0.424 e. The molecule has 1 unspecified atom stereocenters. The van der Waals surface area contributed by atoms with E-state index in [2.05, 4.69) is 19.5 Å². The molecule has 1 atom stereocenters. The van der Waals surface area contributed by atoms with Crippen molar-refractivity contribution in [2.75, 3.05) is 13.1 Å². The van der Waals surface area contributed by atoms with E-state index in [0.29, 0.717) is 58.9 Å². The molecule has 1 aliphatic rings. The van der Waals surface area contributed by atoms with Crippen LogP contribution in [0.1, 0.15) is 37.3 Å². The number of likely N-dealkylation sites (tertiary alicyclic amines) is 1. The number of fused-ring (bicyclic) bond motifs is 3. The number of aromatic nitrogens is 5. The van der Waals surface area contributed by atoms with Gasteiger partial charge in [-0.05, 0) is 57.9 Å². The predicted octanol–water partition coefficient (Wildman–Crippen LogP) is 5.79. The number of aliphatic hydroxyl groups is 1. The molecule has 1 aliphatic heterocycles. The Morgan fingerprint density at radius 3 is 2.56 bits per heavy atom. The van der Waals surface area contributed by atoms with E-state index in [4.69, 9.17) is 21.3 Å². The van der Waals surface area contributed by atoms with E-state index in [1.54, 1.807) is 47.6 Å². The average Bonchev–Trinajstić information content (AvgIpc) is 3.29. The van der Waals surface area contributed by atoms with Crippen molar-refractivity contribution < 1.29 is 19.0 Å². The van der Waals surface area contributed by atoms with Gasteiger partial charge in [-0.25, -0.2) is 19.3 Å². The molecule has 210 valence electrons. The van der Waals surface area contributed by atoms with E-state index in [0.717, 1.165) is 22.4 Å². The lowest BCUT2D eigenvalue weighted by Gasteiger charge is -2.34. The van der Waals surface area contributed by atoms with Gasteiger partial charge in [-0.2, -0.15) is 0 Å². The fraction of sp³-hybridized carbons (Fsp3) is 0.300. The maximum Gasteiger partial charge on any atom is 0.322 e. The summed E-state index contributed by atoms with van der Waals surface area (Å²) in [5.74, 6) is 0.543. The summed E-state index contributed by atoms with van der Waals surface area (Å²) in [5.41, 5.74) is 3.69. The highest BCUT2D eigenvalue weighted by Gasteiger charge is 2.28. The molecule has 11 heteroatoms. The first-order valence-electron chi connectivity index (χ1n) is 13.4. The van der Waals surface area contributed by atoms with Crippen molar-refractivity contribution in [3.63, 3.8) is 0 Å². The van der Waals surface area contributed by atoms with Gasteiger partial charge >= 0.3 is 6.01 Å². The van der Waals surface area contributed by atoms with E-state index < -0.39 is 11.9 Å². The molecule has 6 rings (SSSR count). The lowest BCUT2D eigenvalue weighted by Crippen LogP contribution is -2.43. The van der Waals surface area contributed by atoms with Crippen molar-refractivity contribution in [2.45, 2.75) is 45.8 Å². The fourth-order valence-corrected chi connectivity index (χ4v) is 5.81. The molecular weight excluding hydrogens is 547 g/mol. The Labute approximate surface area is 240 Å². The SMILES string of the molecule is Cc1ccnc(Oc2ccc(-c3cc4c(cc3F)ncc3nc(C)n(C5CCN(C(=O)C(C)O)CC5)c34)c(Cl)c2)n1. The van der Waals surface area contributed by atoms with E-state index >= 15 is 4.39 Å². The number of carbonyl (C=O) groups is 1. The van der Waals surface area contributed by atoms with Gasteiger partial charge in [0.1, 0.15) is 29.0 Å². The average molecular weight is 575 g/mol. The number of hydrogen-bond acceptors (Lipinski definition) is 7. The summed E-state index contributed by atoms with van der Waals surface area (Å²) in [4.78, 5) is 31.6. The number of rotatable bonds is 5. The van der Waals surface area contributed by atoms with Crippen molar-refractivity contribution >= 4 is 39.4 Å². The monoisotopic (exact) mass is 574 g/mol. The topological polar surface area (TPSA) is 106 Å². The zero-order chi connectivity index (χ0) is 28.8. The van der Waals surface area contributed by atoms with Crippen molar-refractivity contribution in [3.8, 4) is 22.9 Å². The van der Waals surface area contributed by atoms with Crippen LogP contribution in [0.25, 0.3) is 33.1 Å². The highest BCUT2D eigenvalue weighted by atomic mass is 35.5. The lowest BCUT2D eigenvalue weighted by atomic mass is 10.0. The van der Waals surface area contributed by atoms with Gasteiger partial charge in [0, 0.05) is 59.7 Å². The van der Waals surface area contributed by atoms with Crippen LogP contribution in [0.3, 0.4) is 0 Å². The number of benzene rings is 2. The highest BCUT2D eigenvalue weighted by Crippen LogP contribution is 2.38.